The number of nitro benzene ring substituents is 1. The topological polar surface area (TPSA) is 67.2 Å². The molecule has 0 aromatic heterocycles. The van der Waals surface area contributed by atoms with Crippen molar-refractivity contribution in [3.05, 3.63) is 63.7 Å². The number of hydrogen-bond donors (Lipinski definition) is 2. The molecule has 2 N–H and O–H groups in total. The maximum Gasteiger partial charge on any atom is 0.292 e. The van der Waals surface area contributed by atoms with Crippen molar-refractivity contribution in [1.82, 2.24) is 0 Å². The van der Waals surface area contributed by atoms with Crippen molar-refractivity contribution in [2.45, 2.75) is 19.3 Å². The van der Waals surface area contributed by atoms with E-state index in [1.807, 2.05) is 18.2 Å². The monoisotopic (exact) mass is 297 g/mol. The fourth-order valence-electron chi connectivity index (χ4n) is 2.88. The number of nitro groups is 1. The van der Waals surface area contributed by atoms with Gasteiger partial charge in [-0.1, -0.05) is 30.3 Å². The number of hydrogen-bond acceptors (Lipinski definition) is 4. The second-order valence-electron chi connectivity index (χ2n) is 5.44. The molecule has 0 spiro atoms. The SMILES string of the molecule is O=[N+]([O-])c1ccc2c(c1NCCCc1ccccc1)CCN2. The molecule has 5 nitrogen and oxygen atoms in total. The fourth-order valence-corrected chi connectivity index (χ4v) is 2.88. The first-order valence-corrected chi connectivity index (χ1v) is 7.57. The molecule has 114 valence electrons. The predicted molar refractivity (Wildman–Crippen MR) is 88.5 cm³/mol. The molecule has 0 aliphatic carbocycles. The zero-order valence-electron chi connectivity index (χ0n) is 12.3. The van der Waals surface area contributed by atoms with Gasteiger partial charge in [0, 0.05) is 30.4 Å². The maximum absolute atomic E-state index is 11.2. The Balaban J connectivity index is 1.67. The zero-order valence-corrected chi connectivity index (χ0v) is 12.3. The van der Waals surface area contributed by atoms with Crippen LogP contribution in [0.4, 0.5) is 17.1 Å². The molecule has 2 aromatic rings. The first-order chi connectivity index (χ1) is 10.8. The summed E-state index contributed by atoms with van der Waals surface area (Å²) < 4.78 is 0. The van der Waals surface area contributed by atoms with Crippen LogP contribution in [0.5, 0.6) is 0 Å². The van der Waals surface area contributed by atoms with Crippen molar-refractivity contribution in [2.75, 3.05) is 23.7 Å². The van der Waals surface area contributed by atoms with Gasteiger partial charge in [-0.25, -0.2) is 0 Å². The van der Waals surface area contributed by atoms with Crippen molar-refractivity contribution >= 4 is 17.1 Å². The summed E-state index contributed by atoms with van der Waals surface area (Å²) in [5.41, 5.74) is 4.19. The smallest absolute Gasteiger partial charge is 0.292 e. The summed E-state index contributed by atoms with van der Waals surface area (Å²) >= 11 is 0. The summed E-state index contributed by atoms with van der Waals surface area (Å²) in [5, 5.41) is 17.8. The number of nitrogens with one attached hydrogen (secondary N) is 2. The Morgan fingerprint density at radius 3 is 2.77 bits per heavy atom. The van der Waals surface area contributed by atoms with Gasteiger partial charge in [-0.3, -0.25) is 10.1 Å². The van der Waals surface area contributed by atoms with E-state index >= 15 is 0 Å². The number of nitrogens with zero attached hydrogens (tertiary/aromatic N) is 1. The van der Waals surface area contributed by atoms with Crippen molar-refractivity contribution in [3.63, 3.8) is 0 Å². The van der Waals surface area contributed by atoms with E-state index in [1.54, 1.807) is 12.1 Å². The molecule has 0 amide bonds. The molecule has 0 fully saturated rings. The fraction of sp³-hybridized carbons (Fsp3) is 0.294. The minimum Gasteiger partial charge on any atom is -0.384 e. The first-order valence-electron chi connectivity index (χ1n) is 7.57. The minimum atomic E-state index is -0.307. The summed E-state index contributed by atoms with van der Waals surface area (Å²) in [4.78, 5) is 10.9. The van der Waals surface area contributed by atoms with Crippen LogP contribution in [-0.4, -0.2) is 18.0 Å². The van der Waals surface area contributed by atoms with Gasteiger partial charge in [0.15, 0.2) is 0 Å². The number of rotatable bonds is 6. The molecule has 0 bridgehead atoms. The van der Waals surface area contributed by atoms with Gasteiger partial charge in [0.25, 0.3) is 5.69 Å². The quantitative estimate of drug-likeness (QED) is 0.485. The van der Waals surface area contributed by atoms with Gasteiger partial charge in [-0.05, 0) is 30.9 Å². The van der Waals surface area contributed by atoms with E-state index in [9.17, 15) is 10.1 Å². The third-order valence-electron chi connectivity index (χ3n) is 3.96. The van der Waals surface area contributed by atoms with E-state index in [1.165, 1.54) is 5.56 Å². The zero-order chi connectivity index (χ0) is 15.4. The van der Waals surface area contributed by atoms with Gasteiger partial charge in [0.05, 0.1) is 4.92 Å². The van der Waals surface area contributed by atoms with Gasteiger partial charge in [-0.2, -0.15) is 0 Å². The molecule has 0 radical (unpaired) electrons. The van der Waals surface area contributed by atoms with Crippen LogP contribution >= 0.6 is 0 Å². The molecular weight excluding hydrogens is 278 g/mol. The summed E-state index contributed by atoms with van der Waals surface area (Å²) in [6, 6.07) is 13.7. The third-order valence-corrected chi connectivity index (χ3v) is 3.96. The van der Waals surface area contributed by atoms with Crippen LogP contribution < -0.4 is 10.6 Å². The van der Waals surface area contributed by atoms with Crippen molar-refractivity contribution in [2.24, 2.45) is 0 Å². The van der Waals surface area contributed by atoms with E-state index in [4.69, 9.17) is 0 Å². The summed E-state index contributed by atoms with van der Waals surface area (Å²) in [7, 11) is 0. The van der Waals surface area contributed by atoms with Crippen LogP contribution in [0.3, 0.4) is 0 Å². The van der Waals surface area contributed by atoms with E-state index in [0.717, 1.165) is 43.6 Å². The molecule has 3 rings (SSSR count). The normalized spacial score (nSPS) is 12.5. The molecule has 1 heterocycles. The van der Waals surface area contributed by atoms with Gasteiger partial charge in [0.2, 0.25) is 0 Å². The lowest BCUT2D eigenvalue weighted by Gasteiger charge is -2.11. The van der Waals surface area contributed by atoms with Crippen LogP contribution in [0.15, 0.2) is 42.5 Å². The Morgan fingerprint density at radius 1 is 1.18 bits per heavy atom. The first kappa shape index (κ1) is 14.4. The van der Waals surface area contributed by atoms with Gasteiger partial charge >= 0.3 is 0 Å². The largest absolute Gasteiger partial charge is 0.384 e. The Kier molecular flexibility index (Phi) is 4.23. The standard InChI is InChI=1S/C17H19N3O2/c21-20(22)16-9-8-15-14(10-12-18-15)17(16)19-11-4-7-13-5-2-1-3-6-13/h1-3,5-6,8-9,18-19H,4,7,10-12H2. The minimum absolute atomic E-state index is 0.169. The predicted octanol–water partition coefficient (Wildman–Crippen LogP) is 3.61. The van der Waals surface area contributed by atoms with E-state index < -0.39 is 0 Å². The highest BCUT2D eigenvalue weighted by Gasteiger charge is 2.23. The van der Waals surface area contributed by atoms with Crippen LogP contribution in [0.2, 0.25) is 0 Å². The van der Waals surface area contributed by atoms with Gasteiger partial charge in [-0.15, -0.1) is 0 Å². The number of aryl methyl sites for hydroxylation is 1. The van der Waals surface area contributed by atoms with Crippen LogP contribution in [-0.2, 0) is 12.8 Å². The third kappa shape index (κ3) is 3.03. The highest BCUT2D eigenvalue weighted by molar-refractivity contribution is 5.77. The molecule has 2 aromatic carbocycles. The van der Waals surface area contributed by atoms with Crippen molar-refractivity contribution in [1.29, 1.82) is 0 Å². The molecule has 22 heavy (non-hydrogen) atoms. The lowest BCUT2D eigenvalue weighted by Crippen LogP contribution is -2.07. The van der Waals surface area contributed by atoms with Gasteiger partial charge in [0.1, 0.15) is 5.69 Å². The lowest BCUT2D eigenvalue weighted by atomic mass is 10.1. The van der Waals surface area contributed by atoms with Crippen molar-refractivity contribution in [3.8, 4) is 0 Å². The molecule has 0 saturated carbocycles. The number of fused-ring (bicyclic) bond motifs is 1. The van der Waals surface area contributed by atoms with E-state index in [2.05, 4.69) is 22.8 Å². The Hall–Kier alpha value is -2.56. The van der Waals surface area contributed by atoms with Crippen LogP contribution in [0, 0.1) is 10.1 Å². The lowest BCUT2D eigenvalue weighted by molar-refractivity contribution is -0.384. The Bertz CT molecular complexity index is 671. The summed E-state index contributed by atoms with van der Waals surface area (Å²) in [5.74, 6) is 0. The average molecular weight is 297 g/mol. The van der Waals surface area contributed by atoms with Crippen LogP contribution in [0.25, 0.3) is 0 Å². The molecule has 5 heteroatoms. The molecule has 0 saturated heterocycles. The second kappa shape index (κ2) is 6.47. The maximum atomic E-state index is 11.2. The van der Waals surface area contributed by atoms with Gasteiger partial charge < -0.3 is 10.6 Å². The Labute approximate surface area is 129 Å². The molecule has 1 aliphatic rings. The molecule has 0 atom stereocenters. The molecule has 0 unspecified atom stereocenters. The highest BCUT2D eigenvalue weighted by Crippen LogP contribution is 2.36. The second-order valence-corrected chi connectivity index (χ2v) is 5.44. The number of anilines is 2. The summed E-state index contributed by atoms with van der Waals surface area (Å²) in [6.07, 6.45) is 2.74. The Morgan fingerprint density at radius 2 is 2.00 bits per heavy atom. The highest BCUT2D eigenvalue weighted by atomic mass is 16.6. The van der Waals surface area contributed by atoms with Crippen molar-refractivity contribution < 1.29 is 4.92 Å². The van der Waals surface area contributed by atoms with E-state index in [-0.39, 0.29) is 10.6 Å². The molecular formula is C17H19N3O2. The summed E-state index contributed by atoms with van der Waals surface area (Å²) in [6.45, 7) is 1.57. The average Bonchev–Trinajstić information content (AvgIpc) is 3.01. The van der Waals surface area contributed by atoms with Crippen LogP contribution in [0.1, 0.15) is 17.5 Å². The van der Waals surface area contributed by atoms with E-state index in [0.29, 0.717) is 5.69 Å². The number of benzene rings is 2. The molecule has 1 aliphatic heterocycles.